The second kappa shape index (κ2) is 5.86. The van der Waals surface area contributed by atoms with Crippen molar-refractivity contribution in [2.45, 2.75) is 13.0 Å². The van der Waals surface area contributed by atoms with Crippen molar-refractivity contribution in [1.82, 2.24) is 0 Å². The van der Waals surface area contributed by atoms with Gasteiger partial charge in [-0.3, -0.25) is 0 Å². The number of sulfone groups is 1. The standard InChI is InChI=1S/C11H17NO3S/c1-2-16(14,15)9-11(8-13)12-10-6-4-3-5-7-10/h3-7,11-13H,2,8-9H2,1H3. The highest BCUT2D eigenvalue weighted by molar-refractivity contribution is 7.91. The van der Waals surface area contributed by atoms with Crippen LogP contribution in [-0.4, -0.2) is 37.7 Å². The summed E-state index contributed by atoms with van der Waals surface area (Å²) in [6, 6.07) is 8.80. The molecule has 1 atom stereocenters. The number of rotatable bonds is 6. The van der Waals surface area contributed by atoms with Gasteiger partial charge in [0.15, 0.2) is 9.84 Å². The third-order valence-corrected chi connectivity index (χ3v) is 4.05. The summed E-state index contributed by atoms with van der Waals surface area (Å²) < 4.78 is 22.8. The molecule has 4 nitrogen and oxygen atoms in total. The Morgan fingerprint density at radius 2 is 1.94 bits per heavy atom. The van der Waals surface area contributed by atoms with Gasteiger partial charge < -0.3 is 10.4 Å². The minimum atomic E-state index is -3.07. The lowest BCUT2D eigenvalue weighted by Crippen LogP contribution is -2.32. The lowest BCUT2D eigenvalue weighted by atomic mass is 10.3. The van der Waals surface area contributed by atoms with Crippen LogP contribution in [-0.2, 0) is 9.84 Å². The second-order valence-corrected chi connectivity index (χ2v) is 5.99. The highest BCUT2D eigenvalue weighted by atomic mass is 32.2. The zero-order valence-electron chi connectivity index (χ0n) is 9.26. The van der Waals surface area contributed by atoms with Gasteiger partial charge in [-0.05, 0) is 12.1 Å². The molecule has 0 aromatic heterocycles. The van der Waals surface area contributed by atoms with Gasteiger partial charge in [0.1, 0.15) is 0 Å². The van der Waals surface area contributed by atoms with Gasteiger partial charge in [-0.2, -0.15) is 0 Å². The van der Waals surface area contributed by atoms with E-state index >= 15 is 0 Å². The van der Waals surface area contributed by atoms with Crippen LogP contribution in [0.3, 0.4) is 0 Å². The van der Waals surface area contributed by atoms with E-state index < -0.39 is 15.9 Å². The quantitative estimate of drug-likeness (QED) is 0.779. The van der Waals surface area contributed by atoms with Gasteiger partial charge in [-0.1, -0.05) is 25.1 Å². The summed E-state index contributed by atoms with van der Waals surface area (Å²) >= 11 is 0. The van der Waals surface area contributed by atoms with Gasteiger partial charge in [0.05, 0.1) is 18.4 Å². The molecule has 0 spiro atoms. The van der Waals surface area contributed by atoms with E-state index in [1.54, 1.807) is 6.92 Å². The summed E-state index contributed by atoms with van der Waals surface area (Å²) in [5.41, 5.74) is 0.813. The Bertz CT molecular complexity index is 402. The monoisotopic (exact) mass is 243 g/mol. The molecule has 0 heterocycles. The molecule has 5 heteroatoms. The smallest absolute Gasteiger partial charge is 0.152 e. The Labute approximate surface area is 96.2 Å². The van der Waals surface area contributed by atoms with Gasteiger partial charge >= 0.3 is 0 Å². The van der Waals surface area contributed by atoms with Crippen LogP contribution in [0.4, 0.5) is 5.69 Å². The first-order chi connectivity index (χ1) is 7.57. The van der Waals surface area contributed by atoms with Crippen LogP contribution in [0.5, 0.6) is 0 Å². The maximum absolute atomic E-state index is 11.4. The SMILES string of the molecule is CCS(=O)(=O)CC(CO)Nc1ccccc1. The van der Waals surface area contributed by atoms with Crippen molar-refractivity contribution in [2.24, 2.45) is 0 Å². The third-order valence-electron chi connectivity index (χ3n) is 2.26. The number of benzene rings is 1. The first kappa shape index (κ1) is 13.0. The zero-order chi connectivity index (χ0) is 12.0. The van der Waals surface area contributed by atoms with E-state index in [0.717, 1.165) is 5.69 Å². The minimum absolute atomic E-state index is 0.0467. The van der Waals surface area contributed by atoms with E-state index in [4.69, 9.17) is 5.11 Å². The summed E-state index contributed by atoms with van der Waals surface area (Å²) in [5, 5.41) is 12.1. The number of aliphatic hydroxyl groups excluding tert-OH is 1. The lowest BCUT2D eigenvalue weighted by Gasteiger charge is -2.17. The van der Waals surface area contributed by atoms with Crippen molar-refractivity contribution in [3.63, 3.8) is 0 Å². The highest BCUT2D eigenvalue weighted by Gasteiger charge is 2.16. The Morgan fingerprint density at radius 3 is 2.44 bits per heavy atom. The van der Waals surface area contributed by atoms with Crippen molar-refractivity contribution in [1.29, 1.82) is 0 Å². The number of hydrogen-bond donors (Lipinski definition) is 2. The number of hydrogen-bond acceptors (Lipinski definition) is 4. The molecular weight excluding hydrogens is 226 g/mol. The fraction of sp³-hybridized carbons (Fsp3) is 0.455. The van der Waals surface area contributed by atoms with Crippen LogP contribution in [0.1, 0.15) is 6.92 Å². The predicted molar refractivity (Wildman–Crippen MR) is 65.3 cm³/mol. The molecular formula is C11H17NO3S. The van der Waals surface area contributed by atoms with Gasteiger partial charge in [-0.15, -0.1) is 0 Å². The summed E-state index contributed by atoms with van der Waals surface area (Å²) in [5.74, 6) is 0.0505. The molecule has 0 aliphatic heterocycles. The molecule has 0 aliphatic rings. The van der Waals surface area contributed by atoms with E-state index in [9.17, 15) is 8.42 Å². The summed E-state index contributed by atoms with van der Waals surface area (Å²) in [4.78, 5) is 0. The first-order valence-corrected chi connectivity index (χ1v) is 7.02. The predicted octanol–water partition coefficient (Wildman–Crippen LogP) is 0.894. The number of nitrogens with one attached hydrogen (secondary N) is 1. The van der Waals surface area contributed by atoms with E-state index in [1.807, 2.05) is 30.3 Å². The molecule has 16 heavy (non-hydrogen) atoms. The van der Waals surface area contributed by atoms with E-state index in [0.29, 0.717) is 0 Å². The van der Waals surface area contributed by atoms with Crippen LogP contribution >= 0.6 is 0 Å². The molecule has 0 aliphatic carbocycles. The first-order valence-electron chi connectivity index (χ1n) is 5.20. The molecule has 90 valence electrons. The largest absolute Gasteiger partial charge is 0.394 e. The van der Waals surface area contributed by atoms with Gasteiger partial charge in [-0.25, -0.2) is 8.42 Å². The fourth-order valence-electron chi connectivity index (χ4n) is 1.33. The molecule has 0 amide bonds. The molecule has 1 aromatic rings. The molecule has 1 unspecified atom stereocenters. The molecule has 1 aromatic carbocycles. The maximum atomic E-state index is 11.4. The van der Waals surface area contributed by atoms with Crippen molar-refractivity contribution in [2.75, 3.05) is 23.4 Å². The van der Waals surface area contributed by atoms with E-state index in [-0.39, 0.29) is 18.1 Å². The van der Waals surface area contributed by atoms with Crippen LogP contribution in [0, 0.1) is 0 Å². The molecule has 0 bridgehead atoms. The normalized spacial score (nSPS) is 13.4. The van der Waals surface area contributed by atoms with Gasteiger partial charge in [0, 0.05) is 11.4 Å². The molecule has 0 fully saturated rings. The number of anilines is 1. The van der Waals surface area contributed by atoms with Crippen molar-refractivity contribution < 1.29 is 13.5 Å². The van der Waals surface area contributed by atoms with Crippen molar-refractivity contribution in [3.8, 4) is 0 Å². The Morgan fingerprint density at radius 1 is 1.31 bits per heavy atom. The van der Waals surface area contributed by atoms with Crippen molar-refractivity contribution >= 4 is 15.5 Å². The molecule has 0 saturated heterocycles. The van der Waals surface area contributed by atoms with E-state index in [2.05, 4.69) is 5.32 Å². The van der Waals surface area contributed by atoms with Crippen LogP contribution in [0.15, 0.2) is 30.3 Å². The Hall–Kier alpha value is -1.07. The molecule has 1 rings (SSSR count). The molecule has 0 saturated carbocycles. The average molecular weight is 243 g/mol. The lowest BCUT2D eigenvalue weighted by molar-refractivity contribution is 0.282. The number of para-hydroxylation sites is 1. The summed E-state index contributed by atoms with van der Waals surface area (Å²) in [7, 11) is -3.07. The molecule has 2 N–H and O–H groups in total. The zero-order valence-corrected chi connectivity index (χ0v) is 10.1. The summed E-state index contributed by atoms with van der Waals surface area (Å²) in [6.07, 6.45) is 0. The maximum Gasteiger partial charge on any atom is 0.152 e. The van der Waals surface area contributed by atoms with Crippen LogP contribution < -0.4 is 5.32 Å². The average Bonchev–Trinajstić information content (AvgIpc) is 2.29. The third kappa shape index (κ3) is 4.20. The minimum Gasteiger partial charge on any atom is -0.394 e. The van der Waals surface area contributed by atoms with Crippen molar-refractivity contribution in [3.05, 3.63) is 30.3 Å². The Balaban J connectivity index is 2.63. The Kier molecular flexibility index (Phi) is 4.76. The van der Waals surface area contributed by atoms with Crippen LogP contribution in [0.25, 0.3) is 0 Å². The summed E-state index contributed by atoms with van der Waals surface area (Å²) in [6.45, 7) is 1.40. The van der Waals surface area contributed by atoms with Gasteiger partial charge in [0.2, 0.25) is 0 Å². The van der Waals surface area contributed by atoms with Gasteiger partial charge in [0.25, 0.3) is 0 Å². The molecule has 0 radical (unpaired) electrons. The van der Waals surface area contributed by atoms with E-state index in [1.165, 1.54) is 0 Å². The number of aliphatic hydroxyl groups is 1. The topological polar surface area (TPSA) is 66.4 Å². The second-order valence-electron chi connectivity index (χ2n) is 3.59. The highest BCUT2D eigenvalue weighted by Crippen LogP contribution is 2.08. The fourth-order valence-corrected chi connectivity index (χ4v) is 2.37. The van der Waals surface area contributed by atoms with Crippen LogP contribution in [0.2, 0.25) is 0 Å².